The first-order valence-corrected chi connectivity index (χ1v) is 10.5. The molecule has 0 N–H and O–H groups in total. The van der Waals surface area contributed by atoms with Crippen LogP contribution in [0.3, 0.4) is 0 Å². The van der Waals surface area contributed by atoms with E-state index in [9.17, 15) is 9.59 Å². The number of carbonyl (C=O) groups is 2. The summed E-state index contributed by atoms with van der Waals surface area (Å²) in [5.41, 5.74) is 0. The molecule has 0 aromatic heterocycles. The van der Waals surface area contributed by atoms with Crippen LogP contribution >= 0.6 is 0 Å². The smallest absolute Gasteiger partial charge is 0.317 e. The predicted octanol–water partition coefficient (Wildman–Crippen LogP) is 5.96. The molecule has 0 radical (unpaired) electrons. The third-order valence-corrected chi connectivity index (χ3v) is 4.31. The first-order valence-electron chi connectivity index (χ1n) is 10.5. The average Bonchev–Trinajstić information content (AvgIpc) is 2.59. The molecule has 0 bridgehead atoms. The van der Waals surface area contributed by atoms with Gasteiger partial charge in [0.2, 0.25) is 0 Å². The van der Waals surface area contributed by atoms with Crippen molar-refractivity contribution < 1.29 is 19.1 Å². The van der Waals surface area contributed by atoms with Gasteiger partial charge in [-0.2, -0.15) is 0 Å². The number of esters is 2. The molecule has 0 unspecified atom stereocenters. The van der Waals surface area contributed by atoms with Crippen molar-refractivity contribution in [3.8, 4) is 0 Å². The normalized spacial score (nSPS) is 10.6. The molecular weight excluding hydrogens is 316 g/mol. The molecule has 0 saturated heterocycles. The Labute approximate surface area is 155 Å². The second kappa shape index (κ2) is 19.3. The molecule has 0 aromatic rings. The summed E-state index contributed by atoms with van der Waals surface area (Å²) >= 11 is 0. The third-order valence-electron chi connectivity index (χ3n) is 4.31. The molecule has 0 fully saturated rings. The van der Waals surface area contributed by atoms with Crippen LogP contribution < -0.4 is 0 Å². The third kappa shape index (κ3) is 19.1. The molecule has 0 aliphatic rings. The van der Waals surface area contributed by atoms with Gasteiger partial charge < -0.3 is 9.47 Å². The number of hydrogen-bond donors (Lipinski definition) is 0. The highest BCUT2D eigenvalue weighted by Crippen LogP contribution is 2.08. The maximum absolute atomic E-state index is 11.5. The summed E-state index contributed by atoms with van der Waals surface area (Å²) in [4.78, 5) is 23.1. The zero-order valence-electron chi connectivity index (χ0n) is 16.7. The summed E-state index contributed by atoms with van der Waals surface area (Å²) in [7, 11) is 0. The van der Waals surface area contributed by atoms with Crippen molar-refractivity contribution in [1.29, 1.82) is 0 Å². The molecular formula is C21H40O4. The van der Waals surface area contributed by atoms with E-state index in [1.54, 1.807) is 0 Å². The Balaban J connectivity index is 3.34. The van der Waals surface area contributed by atoms with E-state index < -0.39 is 11.9 Å². The quantitative estimate of drug-likeness (QED) is 0.173. The number of rotatable bonds is 18. The summed E-state index contributed by atoms with van der Waals surface area (Å²) in [6, 6.07) is 0. The Morgan fingerprint density at radius 2 is 0.840 bits per heavy atom. The minimum atomic E-state index is -0.462. The van der Waals surface area contributed by atoms with E-state index in [1.807, 2.05) is 0 Å². The van der Waals surface area contributed by atoms with Crippen LogP contribution in [0.1, 0.15) is 110 Å². The number of hydrogen-bond acceptors (Lipinski definition) is 4. The van der Waals surface area contributed by atoms with Crippen LogP contribution in [-0.2, 0) is 19.1 Å². The van der Waals surface area contributed by atoms with Gasteiger partial charge in [-0.05, 0) is 12.8 Å². The van der Waals surface area contributed by atoms with E-state index in [4.69, 9.17) is 9.47 Å². The highest BCUT2D eigenvalue weighted by atomic mass is 16.6. The Hall–Kier alpha value is -1.06. The molecule has 0 aliphatic carbocycles. The number of unbranched alkanes of at least 4 members (excludes halogenated alkanes) is 12. The van der Waals surface area contributed by atoms with Gasteiger partial charge in [-0.15, -0.1) is 0 Å². The molecule has 25 heavy (non-hydrogen) atoms. The van der Waals surface area contributed by atoms with Crippen LogP contribution in [0.4, 0.5) is 0 Å². The highest BCUT2D eigenvalue weighted by Gasteiger charge is 2.11. The first-order chi connectivity index (χ1) is 12.2. The molecule has 0 spiro atoms. The zero-order chi connectivity index (χ0) is 18.6. The minimum absolute atomic E-state index is 0.257. The van der Waals surface area contributed by atoms with Crippen LogP contribution in [0.5, 0.6) is 0 Å². The van der Waals surface area contributed by atoms with Gasteiger partial charge >= 0.3 is 11.9 Å². The molecule has 0 atom stereocenters. The van der Waals surface area contributed by atoms with Gasteiger partial charge in [0.05, 0.1) is 13.2 Å². The fourth-order valence-electron chi connectivity index (χ4n) is 2.71. The standard InChI is InChI=1S/C21H40O4/c1-3-5-7-9-11-13-15-17-24-20(22)19-21(23)25-18-16-14-12-10-8-6-4-2/h3-19H2,1-2H3. The second-order valence-electron chi connectivity index (χ2n) is 6.86. The Kier molecular flexibility index (Phi) is 18.5. The van der Waals surface area contributed by atoms with E-state index in [2.05, 4.69) is 13.8 Å². The van der Waals surface area contributed by atoms with Gasteiger partial charge in [-0.25, -0.2) is 0 Å². The van der Waals surface area contributed by atoms with Gasteiger partial charge in [-0.1, -0.05) is 90.9 Å². The summed E-state index contributed by atoms with van der Waals surface area (Å²) < 4.78 is 10.2. The fraction of sp³-hybridized carbons (Fsp3) is 0.905. The summed E-state index contributed by atoms with van der Waals surface area (Å²) in [6.45, 7) is 5.24. The van der Waals surface area contributed by atoms with Crippen LogP contribution in [-0.4, -0.2) is 25.2 Å². The Morgan fingerprint density at radius 3 is 1.20 bits per heavy atom. The van der Waals surface area contributed by atoms with Crippen molar-refractivity contribution in [2.24, 2.45) is 0 Å². The van der Waals surface area contributed by atoms with E-state index in [1.165, 1.54) is 64.2 Å². The van der Waals surface area contributed by atoms with Crippen LogP contribution in [0.25, 0.3) is 0 Å². The lowest BCUT2D eigenvalue weighted by Crippen LogP contribution is -2.15. The van der Waals surface area contributed by atoms with Crippen molar-refractivity contribution >= 4 is 11.9 Å². The fourth-order valence-corrected chi connectivity index (χ4v) is 2.71. The molecule has 0 aromatic carbocycles. The molecule has 4 heteroatoms. The molecule has 0 aliphatic heterocycles. The average molecular weight is 357 g/mol. The summed E-state index contributed by atoms with van der Waals surface area (Å²) in [6.07, 6.45) is 16.3. The van der Waals surface area contributed by atoms with Crippen molar-refractivity contribution in [2.75, 3.05) is 13.2 Å². The van der Waals surface area contributed by atoms with E-state index in [0.717, 1.165) is 25.7 Å². The molecule has 0 rings (SSSR count). The van der Waals surface area contributed by atoms with Crippen molar-refractivity contribution in [2.45, 2.75) is 110 Å². The van der Waals surface area contributed by atoms with Gasteiger partial charge in [0.15, 0.2) is 0 Å². The first kappa shape index (κ1) is 23.9. The largest absolute Gasteiger partial charge is 0.465 e. The molecule has 0 saturated carbocycles. The minimum Gasteiger partial charge on any atom is -0.465 e. The van der Waals surface area contributed by atoms with Gasteiger partial charge in [-0.3, -0.25) is 9.59 Å². The van der Waals surface area contributed by atoms with Crippen molar-refractivity contribution in [3.05, 3.63) is 0 Å². The lowest BCUT2D eigenvalue weighted by atomic mass is 10.1. The highest BCUT2D eigenvalue weighted by molar-refractivity contribution is 5.91. The van der Waals surface area contributed by atoms with Crippen LogP contribution in [0, 0.1) is 0 Å². The summed E-state index contributed by atoms with van der Waals surface area (Å²) in [5, 5.41) is 0. The Bertz CT molecular complexity index is 285. The van der Waals surface area contributed by atoms with E-state index in [-0.39, 0.29) is 6.42 Å². The lowest BCUT2D eigenvalue weighted by molar-refractivity contribution is -0.154. The molecule has 0 heterocycles. The van der Waals surface area contributed by atoms with Crippen molar-refractivity contribution in [1.82, 2.24) is 0 Å². The molecule has 0 amide bonds. The van der Waals surface area contributed by atoms with Gasteiger partial charge in [0, 0.05) is 0 Å². The van der Waals surface area contributed by atoms with Gasteiger partial charge in [0.25, 0.3) is 0 Å². The Morgan fingerprint density at radius 1 is 0.520 bits per heavy atom. The van der Waals surface area contributed by atoms with E-state index in [0.29, 0.717) is 13.2 Å². The monoisotopic (exact) mass is 356 g/mol. The maximum Gasteiger partial charge on any atom is 0.317 e. The molecule has 148 valence electrons. The van der Waals surface area contributed by atoms with Crippen LogP contribution in [0.15, 0.2) is 0 Å². The summed E-state index contributed by atoms with van der Waals surface area (Å²) in [5.74, 6) is -0.925. The van der Waals surface area contributed by atoms with Gasteiger partial charge in [0.1, 0.15) is 6.42 Å². The SMILES string of the molecule is CCCCCCCCCOC(=O)CC(=O)OCCCCCCCCC. The predicted molar refractivity (Wildman–Crippen MR) is 103 cm³/mol. The van der Waals surface area contributed by atoms with Crippen LogP contribution in [0.2, 0.25) is 0 Å². The lowest BCUT2D eigenvalue weighted by Gasteiger charge is -2.06. The second-order valence-corrected chi connectivity index (χ2v) is 6.86. The van der Waals surface area contributed by atoms with Crippen molar-refractivity contribution in [3.63, 3.8) is 0 Å². The number of ether oxygens (including phenoxy) is 2. The topological polar surface area (TPSA) is 52.6 Å². The van der Waals surface area contributed by atoms with E-state index >= 15 is 0 Å². The zero-order valence-corrected chi connectivity index (χ0v) is 16.7. The molecule has 4 nitrogen and oxygen atoms in total. The maximum atomic E-state index is 11.5. The number of carbonyl (C=O) groups excluding carboxylic acids is 2.